The molecule has 0 aromatic heterocycles. The molecule has 0 aliphatic carbocycles. The summed E-state index contributed by atoms with van der Waals surface area (Å²) in [5, 5.41) is 11.6. The Morgan fingerprint density at radius 1 is 1.00 bits per heavy atom. The van der Waals surface area contributed by atoms with Gasteiger partial charge in [-0.15, -0.1) is 0 Å². The molecule has 2 N–H and O–H groups in total. The molecule has 0 fully saturated rings. The molecule has 0 aliphatic heterocycles. The first-order valence-electron chi connectivity index (χ1n) is 7.39. The minimum atomic E-state index is -1.03. The number of hydrogen-bond acceptors (Lipinski definition) is 4. The summed E-state index contributed by atoms with van der Waals surface area (Å²) < 4.78 is 10.7. The van der Waals surface area contributed by atoms with Crippen molar-refractivity contribution in [2.24, 2.45) is 0 Å². The fourth-order valence-corrected chi connectivity index (χ4v) is 2.22. The number of benzene rings is 1. The molecule has 0 aliphatic rings. The molecule has 1 aromatic rings. The van der Waals surface area contributed by atoms with Crippen LogP contribution >= 0.6 is 0 Å². The van der Waals surface area contributed by atoms with E-state index in [1.165, 1.54) is 0 Å². The minimum absolute atomic E-state index is 0.403. The number of rotatable bonds is 4. The van der Waals surface area contributed by atoms with Gasteiger partial charge in [-0.05, 0) is 70.7 Å². The van der Waals surface area contributed by atoms with Crippen molar-refractivity contribution in [3.8, 4) is 5.75 Å². The smallest absolute Gasteiger partial charge is 0.412 e. The molecule has 0 spiro atoms. The second-order valence-corrected chi connectivity index (χ2v) is 6.51. The average molecular weight is 323 g/mol. The molecule has 0 saturated heterocycles. The van der Waals surface area contributed by atoms with Crippen LogP contribution in [0.5, 0.6) is 5.75 Å². The van der Waals surface area contributed by atoms with E-state index < -0.39 is 24.3 Å². The Morgan fingerprint density at radius 2 is 1.48 bits per heavy atom. The zero-order valence-corrected chi connectivity index (χ0v) is 14.8. The third-order valence-corrected chi connectivity index (χ3v) is 3.52. The number of carbonyl (C=O) groups is 2. The SMILES string of the molecule is Cc1c(C)c(OCC(=O)O)c(C)c(C)c1NC(=O)OC(C)(C)C. The maximum Gasteiger partial charge on any atom is 0.412 e. The average Bonchev–Trinajstić information content (AvgIpc) is 2.39. The van der Waals surface area contributed by atoms with Crippen molar-refractivity contribution in [1.82, 2.24) is 0 Å². The molecule has 0 heterocycles. The topological polar surface area (TPSA) is 84.9 Å². The van der Waals surface area contributed by atoms with Crippen LogP contribution < -0.4 is 10.1 Å². The van der Waals surface area contributed by atoms with Gasteiger partial charge in [0.1, 0.15) is 11.4 Å². The van der Waals surface area contributed by atoms with Crippen LogP contribution in [0.25, 0.3) is 0 Å². The molecule has 6 heteroatoms. The lowest BCUT2D eigenvalue weighted by Crippen LogP contribution is -2.28. The van der Waals surface area contributed by atoms with E-state index in [2.05, 4.69) is 5.32 Å². The van der Waals surface area contributed by atoms with E-state index in [4.69, 9.17) is 14.6 Å². The summed E-state index contributed by atoms with van der Waals surface area (Å²) >= 11 is 0. The Kier molecular flexibility index (Phi) is 5.64. The van der Waals surface area contributed by atoms with Crippen LogP contribution in [-0.2, 0) is 9.53 Å². The van der Waals surface area contributed by atoms with Gasteiger partial charge in [0.2, 0.25) is 0 Å². The molecule has 6 nitrogen and oxygen atoms in total. The number of carboxylic acids is 1. The Hall–Kier alpha value is -2.24. The van der Waals surface area contributed by atoms with Crippen LogP contribution in [0.4, 0.5) is 10.5 Å². The molecule has 0 unspecified atom stereocenters. The van der Waals surface area contributed by atoms with Crippen molar-refractivity contribution in [3.05, 3.63) is 22.3 Å². The first-order chi connectivity index (χ1) is 10.4. The highest BCUT2D eigenvalue weighted by Gasteiger charge is 2.21. The lowest BCUT2D eigenvalue weighted by molar-refractivity contribution is -0.139. The normalized spacial score (nSPS) is 11.1. The Morgan fingerprint density at radius 3 is 1.87 bits per heavy atom. The minimum Gasteiger partial charge on any atom is -0.481 e. The van der Waals surface area contributed by atoms with Gasteiger partial charge in [0.05, 0.1) is 5.69 Å². The van der Waals surface area contributed by atoms with Gasteiger partial charge in [0.15, 0.2) is 6.61 Å². The first kappa shape index (κ1) is 18.8. The monoisotopic (exact) mass is 323 g/mol. The van der Waals surface area contributed by atoms with Gasteiger partial charge in [-0.3, -0.25) is 5.32 Å². The van der Waals surface area contributed by atoms with E-state index in [-0.39, 0.29) is 0 Å². The second-order valence-electron chi connectivity index (χ2n) is 6.51. The van der Waals surface area contributed by atoms with Crippen molar-refractivity contribution in [2.45, 2.75) is 54.1 Å². The molecule has 128 valence electrons. The van der Waals surface area contributed by atoms with Gasteiger partial charge in [-0.25, -0.2) is 9.59 Å². The fraction of sp³-hybridized carbons (Fsp3) is 0.529. The Bertz CT molecular complexity index is 600. The predicted molar refractivity (Wildman–Crippen MR) is 88.4 cm³/mol. The third-order valence-electron chi connectivity index (χ3n) is 3.52. The quantitative estimate of drug-likeness (QED) is 0.882. The van der Waals surface area contributed by atoms with Crippen LogP contribution in [0.1, 0.15) is 43.0 Å². The molecule has 1 amide bonds. The van der Waals surface area contributed by atoms with Crippen molar-refractivity contribution >= 4 is 17.7 Å². The first-order valence-corrected chi connectivity index (χ1v) is 7.39. The molecule has 0 radical (unpaired) electrons. The molecule has 0 atom stereocenters. The number of anilines is 1. The number of ether oxygens (including phenoxy) is 2. The summed E-state index contributed by atoms with van der Waals surface area (Å²) in [7, 11) is 0. The van der Waals surface area contributed by atoms with Crippen LogP contribution in [0.15, 0.2) is 0 Å². The van der Waals surface area contributed by atoms with Gasteiger partial charge < -0.3 is 14.6 Å². The number of nitrogens with one attached hydrogen (secondary N) is 1. The summed E-state index contributed by atoms with van der Waals surface area (Å²) in [6, 6.07) is 0. The number of hydrogen-bond donors (Lipinski definition) is 2. The molecule has 23 heavy (non-hydrogen) atoms. The van der Waals surface area contributed by atoms with Crippen molar-refractivity contribution < 1.29 is 24.2 Å². The molecule has 0 saturated carbocycles. The maximum atomic E-state index is 12.0. The van der Waals surface area contributed by atoms with Crippen molar-refractivity contribution in [3.63, 3.8) is 0 Å². The standard InChI is InChI=1S/C17H25NO5/c1-9-11(3)15(22-8-13(19)20)12(4)10(2)14(9)18-16(21)23-17(5,6)7/h8H2,1-7H3,(H,18,21)(H,19,20). The van der Waals surface area contributed by atoms with E-state index >= 15 is 0 Å². The maximum absolute atomic E-state index is 12.0. The largest absolute Gasteiger partial charge is 0.481 e. The summed E-state index contributed by atoms with van der Waals surface area (Å²) in [6.07, 6.45) is -0.526. The van der Waals surface area contributed by atoms with E-state index in [1.807, 2.05) is 27.7 Å². The van der Waals surface area contributed by atoms with Gasteiger partial charge in [-0.1, -0.05) is 0 Å². The fourth-order valence-electron chi connectivity index (χ4n) is 2.22. The number of carbonyl (C=O) groups excluding carboxylic acids is 1. The van der Waals surface area contributed by atoms with E-state index in [9.17, 15) is 9.59 Å². The van der Waals surface area contributed by atoms with Gasteiger partial charge in [-0.2, -0.15) is 0 Å². The molecular weight excluding hydrogens is 298 g/mol. The predicted octanol–water partition coefficient (Wildman–Crippen LogP) is 3.73. The highest BCUT2D eigenvalue weighted by Crippen LogP contribution is 2.36. The van der Waals surface area contributed by atoms with Gasteiger partial charge in [0.25, 0.3) is 0 Å². The Labute approximate surface area is 136 Å². The summed E-state index contributed by atoms with van der Waals surface area (Å²) in [5.74, 6) is -0.493. The van der Waals surface area contributed by atoms with E-state index in [1.54, 1.807) is 20.8 Å². The molecular formula is C17H25NO5. The summed E-state index contributed by atoms with van der Waals surface area (Å²) in [5.41, 5.74) is 3.30. The van der Waals surface area contributed by atoms with Gasteiger partial charge >= 0.3 is 12.1 Å². The lowest BCUT2D eigenvalue weighted by atomic mass is 9.97. The zero-order valence-electron chi connectivity index (χ0n) is 14.8. The zero-order chi connectivity index (χ0) is 17.9. The van der Waals surface area contributed by atoms with Crippen molar-refractivity contribution in [1.29, 1.82) is 0 Å². The molecule has 1 aromatic carbocycles. The van der Waals surface area contributed by atoms with Crippen LogP contribution in [0.3, 0.4) is 0 Å². The number of carboxylic acid groups (broad SMARTS) is 1. The van der Waals surface area contributed by atoms with E-state index in [0.29, 0.717) is 11.4 Å². The lowest BCUT2D eigenvalue weighted by Gasteiger charge is -2.23. The number of aliphatic carboxylic acids is 1. The van der Waals surface area contributed by atoms with Crippen LogP contribution in [-0.4, -0.2) is 29.4 Å². The van der Waals surface area contributed by atoms with Gasteiger partial charge in [0, 0.05) is 0 Å². The van der Waals surface area contributed by atoms with Crippen LogP contribution in [0.2, 0.25) is 0 Å². The van der Waals surface area contributed by atoms with Crippen molar-refractivity contribution in [2.75, 3.05) is 11.9 Å². The third kappa shape index (κ3) is 4.87. The number of amides is 1. The second kappa shape index (κ2) is 6.89. The summed E-state index contributed by atoms with van der Waals surface area (Å²) in [6.45, 7) is 12.4. The highest BCUT2D eigenvalue weighted by atomic mass is 16.6. The summed E-state index contributed by atoms with van der Waals surface area (Å²) in [4.78, 5) is 22.7. The van der Waals surface area contributed by atoms with E-state index in [0.717, 1.165) is 22.3 Å². The Balaban J connectivity index is 3.16. The molecule has 0 bridgehead atoms. The molecule has 1 rings (SSSR count). The highest BCUT2D eigenvalue weighted by molar-refractivity contribution is 5.88. The van der Waals surface area contributed by atoms with Crippen LogP contribution in [0, 0.1) is 27.7 Å².